The molecule has 1 atom stereocenters. The Morgan fingerprint density at radius 3 is 2.78 bits per heavy atom. The molecule has 0 spiro atoms. The maximum Gasteiger partial charge on any atom is 0.0101 e. The van der Waals surface area contributed by atoms with E-state index in [1.807, 2.05) is 25.7 Å². The summed E-state index contributed by atoms with van der Waals surface area (Å²) in [6.45, 7) is 3.11. The second-order valence-corrected chi connectivity index (χ2v) is 3.31. The molecule has 0 bridgehead atoms. The average molecular weight is 148 g/mol. The quantitative estimate of drug-likeness (QED) is 0.550. The molecule has 0 aromatic rings. The minimum Gasteiger partial charge on any atom is -0.327 e. The molecule has 0 fully saturated rings. The molecule has 2 nitrogen and oxygen atoms in total. The molecule has 0 aliphatic carbocycles. The smallest absolute Gasteiger partial charge is 0.0101 e. The summed E-state index contributed by atoms with van der Waals surface area (Å²) in [5, 5.41) is 3.08. The minimum absolute atomic E-state index is 0.340. The van der Waals surface area contributed by atoms with E-state index in [2.05, 4.69) is 5.32 Å². The van der Waals surface area contributed by atoms with Crippen molar-refractivity contribution in [3.05, 3.63) is 0 Å². The predicted molar refractivity (Wildman–Crippen MR) is 44.9 cm³/mol. The maximum atomic E-state index is 5.53. The summed E-state index contributed by atoms with van der Waals surface area (Å²) >= 11 is 1.90. The molecule has 56 valence electrons. The van der Waals surface area contributed by atoms with E-state index in [0.29, 0.717) is 6.04 Å². The monoisotopic (exact) mass is 148 g/mol. The highest BCUT2D eigenvalue weighted by Gasteiger charge is 1.91. The van der Waals surface area contributed by atoms with Crippen molar-refractivity contribution in [1.29, 1.82) is 0 Å². The third-order valence-corrected chi connectivity index (χ3v) is 2.13. The van der Waals surface area contributed by atoms with Crippen LogP contribution in [0, 0.1) is 0 Å². The van der Waals surface area contributed by atoms with Crippen LogP contribution in [-0.4, -0.2) is 31.1 Å². The highest BCUT2D eigenvalue weighted by Crippen LogP contribution is 1.98. The molecule has 0 aromatic heterocycles. The molecule has 0 aromatic carbocycles. The SMILES string of the molecule is CNCCSCC(C)N. The second kappa shape index (κ2) is 6.39. The summed E-state index contributed by atoms with van der Waals surface area (Å²) < 4.78 is 0. The molecular formula is C6H16N2S. The van der Waals surface area contributed by atoms with Crippen molar-refractivity contribution in [2.45, 2.75) is 13.0 Å². The first-order valence-corrected chi connectivity index (χ1v) is 4.40. The van der Waals surface area contributed by atoms with Crippen molar-refractivity contribution < 1.29 is 0 Å². The van der Waals surface area contributed by atoms with Crippen LogP contribution in [0.15, 0.2) is 0 Å². The Labute approximate surface area is 61.6 Å². The van der Waals surface area contributed by atoms with Gasteiger partial charge >= 0.3 is 0 Å². The van der Waals surface area contributed by atoms with Crippen molar-refractivity contribution in [1.82, 2.24) is 5.32 Å². The zero-order chi connectivity index (χ0) is 7.11. The maximum absolute atomic E-state index is 5.53. The van der Waals surface area contributed by atoms with Crippen molar-refractivity contribution >= 4 is 11.8 Å². The van der Waals surface area contributed by atoms with Gasteiger partial charge in [-0.2, -0.15) is 11.8 Å². The van der Waals surface area contributed by atoms with Crippen LogP contribution in [0.1, 0.15) is 6.92 Å². The lowest BCUT2D eigenvalue weighted by molar-refractivity contribution is 0.839. The number of rotatable bonds is 5. The van der Waals surface area contributed by atoms with Crippen LogP contribution in [-0.2, 0) is 0 Å². The van der Waals surface area contributed by atoms with Gasteiger partial charge in [-0.3, -0.25) is 0 Å². The lowest BCUT2D eigenvalue weighted by Gasteiger charge is -2.02. The van der Waals surface area contributed by atoms with Crippen LogP contribution in [0.3, 0.4) is 0 Å². The largest absolute Gasteiger partial charge is 0.327 e. The molecule has 0 heterocycles. The van der Waals surface area contributed by atoms with Gasteiger partial charge in [0.05, 0.1) is 0 Å². The number of nitrogens with two attached hydrogens (primary N) is 1. The number of nitrogens with one attached hydrogen (secondary N) is 1. The summed E-state index contributed by atoms with van der Waals surface area (Å²) in [7, 11) is 1.96. The molecule has 9 heavy (non-hydrogen) atoms. The lowest BCUT2D eigenvalue weighted by Crippen LogP contribution is -2.19. The third-order valence-electron chi connectivity index (χ3n) is 0.877. The summed E-state index contributed by atoms with van der Waals surface area (Å²) in [5.41, 5.74) is 5.53. The Morgan fingerprint density at radius 2 is 2.33 bits per heavy atom. The standard InChI is InChI=1S/C6H16N2S/c1-6(7)5-9-4-3-8-2/h6,8H,3-5,7H2,1-2H3. The van der Waals surface area contributed by atoms with E-state index in [0.717, 1.165) is 18.1 Å². The Balaban J connectivity index is 2.75. The van der Waals surface area contributed by atoms with Gasteiger partial charge in [0.25, 0.3) is 0 Å². The zero-order valence-corrected chi connectivity index (χ0v) is 7.00. The van der Waals surface area contributed by atoms with Crippen molar-refractivity contribution in [2.24, 2.45) is 5.73 Å². The second-order valence-electron chi connectivity index (χ2n) is 2.16. The van der Waals surface area contributed by atoms with Gasteiger partial charge in [0, 0.05) is 24.1 Å². The van der Waals surface area contributed by atoms with Crippen LogP contribution in [0.2, 0.25) is 0 Å². The molecule has 0 rings (SSSR count). The topological polar surface area (TPSA) is 38.0 Å². The Kier molecular flexibility index (Phi) is 6.58. The van der Waals surface area contributed by atoms with Crippen molar-refractivity contribution in [2.75, 3.05) is 25.1 Å². The van der Waals surface area contributed by atoms with Crippen molar-refractivity contribution in [3.63, 3.8) is 0 Å². The molecule has 1 unspecified atom stereocenters. The van der Waals surface area contributed by atoms with Gasteiger partial charge in [-0.05, 0) is 14.0 Å². The first-order chi connectivity index (χ1) is 4.27. The van der Waals surface area contributed by atoms with E-state index in [1.54, 1.807) is 0 Å². The molecule has 0 radical (unpaired) electrons. The van der Waals surface area contributed by atoms with Gasteiger partial charge in [-0.25, -0.2) is 0 Å². The predicted octanol–water partition coefficient (Wildman–Crippen LogP) is 0.286. The van der Waals surface area contributed by atoms with Gasteiger partial charge in [-0.1, -0.05) is 0 Å². The molecule has 0 amide bonds. The first-order valence-electron chi connectivity index (χ1n) is 3.25. The summed E-state index contributed by atoms with van der Waals surface area (Å²) in [6, 6.07) is 0.340. The summed E-state index contributed by atoms with van der Waals surface area (Å²) in [6.07, 6.45) is 0. The van der Waals surface area contributed by atoms with Gasteiger partial charge in [0.2, 0.25) is 0 Å². The fourth-order valence-electron chi connectivity index (χ4n) is 0.443. The van der Waals surface area contributed by atoms with Crippen molar-refractivity contribution in [3.8, 4) is 0 Å². The summed E-state index contributed by atoms with van der Waals surface area (Å²) in [4.78, 5) is 0. The molecular weight excluding hydrogens is 132 g/mol. The van der Waals surface area contributed by atoms with Crippen LogP contribution in [0.5, 0.6) is 0 Å². The molecule has 0 aliphatic heterocycles. The van der Waals surface area contributed by atoms with E-state index < -0.39 is 0 Å². The average Bonchev–Trinajstić information content (AvgIpc) is 1.80. The van der Waals surface area contributed by atoms with Crippen LogP contribution in [0.25, 0.3) is 0 Å². The Hall–Kier alpha value is 0.270. The highest BCUT2D eigenvalue weighted by atomic mass is 32.2. The molecule has 0 saturated heterocycles. The van der Waals surface area contributed by atoms with E-state index in [4.69, 9.17) is 5.73 Å². The van der Waals surface area contributed by atoms with E-state index in [-0.39, 0.29) is 0 Å². The Bertz CT molecular complexity index is 57.0. The molecule has 0 saturated carbocycles. The van der Waals surface area contributed by atoms with Crippen LogP contribution >= 0.6 is 11.8 Å². The molecule has 0 aliphatic rings. The van der Waals surface area contributed by atoms with E-state index in [9.17, 15) is 0 Å². The number of thioether (sulfide) groups is 1. The van der Waals surface area contributed by atoms with Crippen LogP contribution < -0.4 is 11.1 Å². The van der Waals surface area contributed by atoms with E-state index in [1.165, 1.54) is 0 Å². The van der Waals surface area contributed by atoms with Gasteiger partial charge in [0.15, 0.2) is 0 Å². The highest BCUT2D eigenvalue weighted by molar-refractivity contribution is 7.99. The van der Waals surface area contributed by atoms with E-state index >= 15 is 0 Å². The zero-order valence-electron chi connectivity index (χ0n) is 6.18. The van der Waals surface area contributed by atoms with Gasteiger partial charge in [-0.15, -0.1) is 0 Å². The number of hydrogen-bond acceptors (Lipinski definition) is 3. The minimum atomic E-state index is 0.340. The van der Waals surface area contributed by atoms with Crippen LogP contribution in [0.4, 0.5) is 0 Å². The molecule has 3 heteroatoms. The Morgan fingerprint density at radius 1 is 1.67 bits per heavy atom. The molecule has 3 N–H and O–H groups in total. The van der Waals surface area contributed by atoms with Gasteiger partial charge in [0.1, 0.15) is 0 Å². The lowest BCUT2D eigenvalue weighted by atomic mass is 10.4. The fourth-order valence-corrected chi connectivity index (χ4v) is 1.33. The fraction of sp³-hybridized carbons (Fsp3) is 1.00. The van der Waals surface area contributed by atoms with Gasteiger partial charge < -0.3 is 11.1 Å². The number of hydrogen-bond donors (Lipinski definition) is 2. The first kappa shape index (κ1) is 9.27. The third kappa shape index (κ3) is 8.27. The normalized spacial score (nSPS) is 13.7. The summed E-state index contributed by atoms with van der Waals surface area (Å²) in [5.74, 6) is 2.24.